The summed E-state index contributed by atoms with van der Waals surface area (Å²) in [4.78, 5) is 29.0. The highest BCUT2D eigenvalue weighted by atomic mass is 79.9. The molecular formula is C32H40BrN3O4S. The Labute approximate surface area is 253 Å². The SMILES string of the molecule is CCCNC(=O)[C@H](Cc1ccccc1)N(Cc1cccc(Br)c1)C(=O)CCCN(c1ccc(C)c(C)c1)S(C)(=O)=O. The summed E-state index contributed by atoms with van der Waals surface area (Å²) in [5.74, 6) is -0.405. The van der Waals surface area contributed by atoms with E-state index in [0.29, 0.717) is 25.1 Å². The van der Waals surface area contributed by atoms with Gasteiger partial charge in [-0.1, -0.05) is 71.4 Å². The highest BCUT2D eigenvalue weighted by molar-refractivity contribution is 9.10. The number of nitrogens with zero attached hydrogens (tertiary/aromatic N) is 2. The van der Waals surface area contributed by atoms with E-state index >= 15 is 0 Å². The van der Waals surface area contributed by atoms with Crippen LogP contribution >= 0.6 is 15.9 Å². The molecule has 1 atom stereocenters. The van der Waals surface area contributed by atoms with Gasteiger partial charge >= 0.3 is 0 Å². The lowest BCUT2D eigenvalue weighted by Gasteiger charge is -2.32. The largest absolute Gasteiger partial charge is 0.354 e. The zero-order valence-corrected chi connectivity index (χ0v) is 26.7. The van der Waals surface area contributed by atoms with Gasteiger partial charge in [0, 0.05) is 36.9 Å². The Morgan fingerprint density at radius 3 is 2.27 bits per heavy atom. The molecule has 0 saturated heterocycles. The van der Waals surface area contributed by atoms with Crippen molar-refractivity contribution in [2.24, 2.45) is 0 Å². The van der Waals surface area contributed by atoms with Gasteiger partial charge in [-0.25, -0.2) is 8.42 Å². The zero-order valence-electron chi connectivity index (χ0n) is 24.3. The molecular weight excluding hydrogens is 602 g/mol. The summed E-state index contributed by atoms with van der Waals surface area (Å²) < 4.78 is 27.6. The van der Waals surface area contributed by atoms with Crippen LogP contribution in [0.15, 0.2) is 77.3 Å². The second kappa shape index (κ2) is 15.2. The van der Waals surface area contributed by atoms with Gasteiger partial charge in [0.05, 0.1) is 11.9 Å². The van der Waals surface area contributed by atoms with Gasteiger partial charge in [-0.2, -0.15) is 0 Å². The van der Waals surface area contributed by atoms with Crippen molar-refractivity contribution >= 4 is 43.5 Å². The van der Waals surface area contributed by atoms with E-state index in [-0.39, 0.29) is 31.3 Å². The van der Waals surface area contributed by atoms with Crippen molar-refractivity contribution < 1.29 is 18.0 Å². The van der Waals surface area contributed by atoms with Gasteiger partial charge in [-0.15, -0.1) is 0 Å². The van der Waals surface area contributed by atoms with Crippen molar-refractivity contribution in [1.82, 2.24) is 10.2 Å². The van der Waals surface area contributed by atoms with E-state index in [2.05, 4.69) is 21.2 Å². The molecule has 41 heavy (non-hydrogen) atoms. The maximum Gasteiger partial charge on any atom is 0.243 e. The summed E-state index contributed by atoms with van der Waals surface area (Å²) in [5, 5.41) is 2.98. The molecule has 1 N–H and O–H groups in total. The Kier molecular flexibility index (Phi) is 12.0. The Hall–Kier alpha value is -3.17. The second-order valence-corrected chi connectivity index (χ2v) is 13.2. The fourth-order valence-electron chi connectivity index (χ4n) is 4.64. The number of nitrogens with one attached hydrogen (secondary N) is 1. The lowest BCUT2D eigenvalue weighted by Crippen LogP contribution is -2.50. The molecule has 0 saturated carbocycles. The molecule has 0 unspecified atom stereocenters. The predicted molar refractivity (Wildman–Crippen MR) is 169 cm³/mol. The molecule has 0 radical (unpaired) electrons. The molecule has 7 nitrogen and oxygen atoms in total. The third kappa shape index (κ3) is 9.71. The van der Waals surface area contributed by atoms with E-state index in [0.717, 1.165) is 33.1 Å². The van der Waals surface area contributed by atoms with Gasteiger partial charge in [0.1, 0.15) is 6.04 Å². The van der Waals surface area contributed by atoms with Crippen LogP contribution in [0.4, 0.5) is 5.69 Å². The normalized spacial score (nSPS) is 12.0. The molecule has 0 fully saturated rings. The highest BCUT2D eigenvalue weighted by Gasteiger charge is 2.30. The summed E-state index contributed by atoms with van der Waals surface area (Å²) in [5.41, 5.74) is 4.49. The molecule has 0 aromatic heterocycles. The molecule has 0 heterocycles. The number of benzene rings is 3. The first-order valence-electron chi connectivity index (χ1n) is 13.9. The van der Waals surface area contributed by atoms with Crippen molar-refractivity contribution in [2.45, 2.75) is 59.0 Å². The third-order valence-electron chi connectivity index (χ3n) is 6.99. The standard InChI is InChI=1S/C32H40BrN3O4S/c1-5-18-34-32(38)30(22-26-11-7-6-8-12-26)35(23-27-13-9-14-28(33)21-27)31(37)15-10-19-36(41(4,39)40)29-17-16-24(2)25(3)20-29/h6-9,11-14,16-17,20-21,30H,5,10,15,18-19,22-23H2,1-4H3,(H,34,38)/t30-/m0/s1. The third-order valence-corrected chi connectivity index (χ3v) is 8.68. The number of sulfonamides is 1. The van der Waals surface area contributed by atoms with E-state index in [1.165, 1.54) is 10.6 Å². The monoisotopic (exact) mass is 641 g/mol. The number of rotatable bonds is 14. The molecule has 0 aliphatic heterocycles. The van der Waals surface area contributed by atoms with Crippen LogP contribution in [0, 0.1) is 13.8 Å². The van der Waals surface area contributed by atoms with Crippen LogP contribution in [0.3, 0.4) is 0 Å². The van der Waals surface area contributed by atoms with Gasteiger partial charge < -0.3 is 10.2 Å². The van der Waals surface area contributed by atoms with Crippen LogP contribution in [-0.2, 0) is 32.6 Å². The topological polar surface area (TPSA) is 86.8 Å². The minimum atomic E-state index is -3.56. The molecule has 0 bridgehead atoms. The van der Waals surface area contributed by atoms with Crippen molar-refractivity contribution in [1.29, 1.82) is 0 Å². The van der Waals surface area contributed by atoms with E-state index in [1.54, 1.807) is 11.0 Å². The second-order valence-electron chi connectivity index (χ2n) is 10.4. The van der Waals surface area contributed by atoms with Crippen LogP contribution in [0.5, 0.6) is 0 Å². The highest BCUT2D eigenvalue weighted by Crippen LogP contribution is 2.23. The minimum absolute atomic E-state index is 0.0945. The fourth-order valence-corrected chi connectivity index (χ4v) is 6.04. The molecule has 0 aliphatic rings. The van der Waals surface area contributed by atoms with Crippen molar-refractivity contribution in [2.75, 3.05) is 23.7 Å². The van der Waals surface area contributed by atoms with Gasteiger partial charge in [-0.05, 0) is 73.2 Å². The van der Waals surface area contributed by atoms with E-state index in [4.69, 9.17) is 0 Å². The van der Waals surface area contributed by atoms with Crippen molar-refractivity contribution in [3.63, 3.8) is 0 Å². The smallest absolute Gasteiger partial charge is 0.243 e. The first-order valence-corrected chi connectivity index (χ1v) is 16.5. The molecule has 3 aromatic carbocycles. The zero-order chi connectivity index (χ0) is 30.0. The quantitative estimate of drug-likeness (QED) is 0.242. The number of hydrogen-bond acceptors (Lipinski definition) is 4. The summed E-state index contributed by atoms with van der Waals surface area (Å²) in [6.07, 6.45) is 2.73. The number of halogens is 1. The Morgan fingerprint density at radius 1 is 0.927 bits per heavy atom. The predicted octanol–water partition coefficient (Wildman–Crippen LogP) is 5.78. The number of aryl methyl sites for hydroxylation is 2. The summed E-state index contributed by atoms with van der Waals surface area (Å²) in [7, 11) is -3.56. The number of anilines is 1. The number of amides is 2. The molecule has 3 aromatic rings. The van der Waals surface area contributed by atoms with Crippen LogP contribution in [0.1, 0.15) is 48.4 Å². The van der Waals surface area contributed by atoms with E-state index < -0.39 is 16.1 Å². The summed E-state index contributed by atoms with van der Waals surface area (Å²) in [6.45, 7) is 6.83. The summed E-state index contributed by atoms with van der Waals surface area (Å²) in [6, 6.07) is 22.2. The van der Waals surface area contributed by atoms with Crippen molar-refractivity contribution in [3.05, 3.63) is 99.5 Å². The summed E-state index contributed by atoms with van der Waals surface area (Å²) >= 11 is 3.51. The van der Waals surface area contributed by atoms with Crippen LogP contribution in [0.25, 0.3) is 0 Å². The maximum atomic E-state index is 13.9. The van der Waals surface area contributed by atoms with Gasteiger partial charge in [0.2, 0.25) is 21.8 Å². The Balaban J connectivity index is 1.88. The first-order chi connectivity index (χ1) is 19.5. The van der Waals surface area contributed by atoms with Crippen LogP contribution in [-0.4, -0.2) is 50.5 Å². The minimum Gasteiger partial charge on any atom is -0.354 e. The number of carbonyl (C=O) groups excluding carboxylic acids is 2. The number of hydrogen-bond donors (Lipinski definition) is 1. The first kappa shape index (κ1) is 32.3. The molecule has 220 valence electrons. The lowest BCUT2D eigenvalue weighted by molar-refractivity contribution is -0.141. The van der Waals surface area contributed by atoms with Crippen LogP contribution < -0.4 is 9.62 Å². The van der Waals surface area contributed by atoms with E-state index in [1.807, 2.05) is 87.5 Å². The molecule has 0 aliphatic carbocycles. The Bertz CT molecular complexity index is 1430. The van der Waals surface area contributed by atoms with Gasteiger partial charge in [-0.3, -0.25) is 13.9 Å². The van der Waals surface area contributed by atoms with Crippen LogP contribution in [0.2, 0.25) is 0 Å². The molecule has 2 amide bonds. The van der Waals surface area contributed by atoms with Crippen molar-refractivity contribution in [3.8, 4) is 0 Å². The number of carbonyl (C=O) groups is 2. The Morgan fingerprint density at radius 2 is 1.63 bits per heavy atom. The van der Waals surface area contributed by atoms with Gasteiger partial charge in [0.15, 0.2) is 0 Å². The lowest BCUT2D eigenvalue weighted by atomic mass is 10.0. The molecule has 0 spiro atoms. The average Bonchev–Trinajstić information content (AvgIpc) is 2.93. The average molecular weight is 643 g/mol. The molecule has 3 rings (SSSR count). The van der Waals surface area contributed by atoms with Gasteiger partial charge in [0.25, 0.3) is 0 Å². The fraction of sp³-hybridized carbons (Fsp3) is 0.375. The van der Waals surface area contributed by atoms with E-state index in [9.17, 15) is 18.0 Å². The molecule has 9 heteroatoms. The maximum absolute atomic E-state index is 13.9.